The second-order valence-electron chi connectivity index (χ2n) is 14.7. The van der Waals surface area contributed by atoms with Gasteiger partial charge in [-0.05, 0) is 72.0 Å². The Morgan fingerprint density at radius 3 is 1.62 bits per heavy atom. The number of hydrogen-bond acceptors (Lipinski definition) is 10. The standard InChI is InChI=1S/C46H47N5O7.2H2/c1-6-28(2)49-33-12-8-29(9-13-33)31-18-34-24-47-39-22-43(41(55-4)20-37(39)45(52)50(34)26-31)57-16-7-17-58-44-23-40-38(21-42(44)56-5)46(53)51-27-32(19-35(51)25-48-40)30-10-14-36(54-3)15-11-30;;/h8-15,20-28,34-35,49H,6-7,16-19H2,1-5H3;2*1H/t28?,34-,35?;;/m0../s1. The molecule has 0 saturated carbocycles. The monoisotopic (exact) mass is 785 g/mol. The summed E-state index contributed by atoms with van der Waals surface area (Å²) in [7, 11) is 4.74. The van der Waals surface area contributed by atoms with Gasteiger partial charge in [0.05, 0.1) is 69.1 Å². The van der Waals surface area contributed by atoms with E-state index in [1.165, 1.54) is 0 Å². The van der Waals surface area contributed by atoms with E-state index in [2.05, 4.69) is 43.4 Å². The zero-order chi connectivity index (χ0) is 40.3. The van der Waals surface area contributed by atoms with Crippen molar-refractivity contribution >= 4 is 52.5 Å². The number of anilines is 1. The molecule has 0 aliphatic carbocycles. The molecule has 58 heavy (non-hydrogen) atoms. The molecule has 3 atom stereocenters. The lowest BCUT2D eigenvalue weighted by Crippen LogP contribution is -2.32. The number of rotatable bonds is 14. The number of methoxy groups -OCH3 is 3. The number of hydrogen-bond donors (Lipinski definition) is 1. The van der Waals surface area contributed by atoms with Crippen LogP contribution < -0.4 is 29.0 Å². The van der Waals surface area contributed by atoms with E-state index in [0.29, 0.717) is 84.0 Å². The quantitative estimate of drug-likeness (QED) is 0.126. The molecule has 0 fully saturated rings. The van der Waals surface area contributed by atoms with Gasteiger partial charge in [0.25, 0.3) is 11.8 Å². The first-order valence-corrected chi connectivity index (χ1v) is 19.6. The number of fused-ring (bicyclic) bond motifs is 4. The average molecular weight is 786 g/mol. The van der Waals surface area contributed by atoms with Crippen molar-refractivity contribution in [2.75, 3.05) is 39.9 Å². The number of carbonyl (C=O) groups excluding carboxylic acids is 2. The molecule has 2 unspecified atom stereocenters. The molecule has 302 valence electrons. The Labute approximate surface area is 341 Å². The molecule has 0 radical (unpaired) electrons. The van der Waals surface area contributed by atoms with Crippen LogP contribution in [0.25, 0.3) is 11.1 Å². The fraction of sp³-hybridized carbons (Fsp3) is 0.304. The summed E-state index contributed by atoms with van der Waals surface area (Å²) in [5, 5.41) is 3.50. The lowest BCUT2D eigenvalue weighted by molar-refractivity contribution is 0.0809. The minimum absolute atomic E-state index is 0. The molecule has 2 amide bonds. The van der Waals surface area contributed by atoms with Gasteiger partial charge in [0, 0.05) is 70.8 Å². The summed E-state index contributed by atoms with van der Waals surface area (Å²) in [5.41, 5.74) is 7.25. The maximum absolute atomic E-state index is 13.9. The van der Waals surface area contributed by atoms with E-state index < -0.39 is 0 Å². The Morgan fingerprint density at radius 2 is 1.17 bits per heavy atom. The highest BCUT2D eigenvalue weighted by molar-refractivity contribution is 6.06. The number of benzene rings is 4. The fourth-order valence-electron chi connectivity index (χ4n) is 7.54. The van der Waals surface area contributed by atoms with Gasteiger partial charge in [-0.1, -0.05) is 31.2 Å². The van der Waals surface area contributed by atoms with Crippen molar-refractivity contribution in [1.29, 1.82) is 0 Å². The van der Waals surface area contributed by atoms with Crippen molar-refractivity contribution in [2.45, 2.75) is 57.7 Å². The second kappa shape index (κ2) is 16.5. The zero-order valence-electron chi connectivity index (χ0n) is 33.4. The van der Waals surface area contributed by atoms with Crippen LogP contribution in [0.5, 0.6) is 28.7 Å². The van der Waals surface area contributed by atoms with Crippen LogP contribution in [0.1, 0.15) is 74.2 Å². The molecule has 0 saturated heterocycles. The van der Waals surface area contributed by atoms with Crippen molar-refractivity contribution < 1.29 is 36.1 Å². The fourth-order valence-corrected chi connectivity index (χ4v) is 7.54. The predicted octanol–water partition coefficient (Wildman–Crippen LogP) is 9.21. The number of nitrogens with zero attached hydrogens (tertiary/aromatic N) is 4. The van der Waals surface area contributed by atoms with Crippen molar-refractivity contribution in [1.82, 2.24) is 9.80 Å². The minimum atomic E-state index is -0.203. The van der Waals surface area contributed by atoms with Crippen LogP contribution in [0.15, 0.2) is 95.2 Å². The molecule has 4 aromatic rings. The Kier molecular flexibility index (Phi) is 10.9. The third kappa shape index (κ3) is 7.61. The van der Waals surface area contributed by atoms with Crippen LogP contribution in [0.3, 0.4) is 0 Å². The van der Waals surface area contributed by atoms with E-state index in [1.54, 1.807) is 55.4 Å². The van der Waals surface area contributed by atoms with E-state index >= 15 is 0 Å². The zero-order valence-corrected chi connectivity index (χ0v) is 33.4. The van der Waals surface area contributed by atoms with Crippen molar-refractivity contribution in [2.24, 2.45) is 9.98 Å². The van der Waals surface area contributed by atoms with E-state index in [9.17, 15) is 9.59 Å². The first-order chi connectivity index (χ1) is 28.3. The van der Waals surface area contributed by atoms with Gasteiger partial charge < -0.3 is 38.8 Å². The normalized spacial score (nSPS) is 18.2. The highest BCUT2D eigenvalue weighted by Gasteiger charge is 2.35. The van der Waals surface area contributed by atoms with Crippen LogP contribution in [0.2, 0.25) is 0 Å². The molecule has 4 aliphatic heterocycles. The van der Waals surface area contributed by atoms with E-state index in [0.717, 1.165) is 40.1 Å². The molecular formula is C46H51N5O7. The van der Waals surface area contributed by atoms with Gasteiger partial charge in [-0.3, -0.25) is 19.6 Å². The van der Waals surface area contributed by atoms with Gasteiger partial charge in [-0.15, -0.1) is 0 Å². The largest absolute Gasteiger partial charge is 0.497 e. The van der Waals surface area contributed by atoms with Crippen LogP contribution in [-0.4, -0.2) is 86.7 Å². The first-order valence-electron chi connectivity index (χ1n) is 19.6. The summed E-state index contributed by atoms with van der Waals surface area (Å²) in [5.74, 6) is 2.32. The van der Waals surface area contributed by atoms with E-state index in [1.807, 2.05) is 49.1 Å². The van der Waals surface area contributed by atoms with Crippen molar-refractivity contribution in [3.63, 3.8) is 0 Å². The smallest absolute Gasteiger partial charge is 0.260 e. The van der Waals surface area contributed by atoms with Gasteiger partial charge in [-0.2, -0.15) is 0 Å². The summed E-state index contributed by atoms with van der Waals surface area (Å²) in [4.78, 5) is 40.6. The lowest BCUT2D eigenvalue weighted by atomic mass is 10.0. The Hall–Kier alpha value is -6.56. The molecular weight excluding hydrogens is 735 g/mol. The molecule has 0 bridgehead atoms. The third-order valence-electron chi connectivity index (χ3n) is 11.0. The lowest BCUT2D eigenvalue weighted by Gasteiger charge is -2.19. The van der Waals surface area contributed by atoms with Gasteiger partial charge in [0.2, 0.25) is 0 Å². The second-order valence-corrected chi connectivity index (χ2v) is 14.7. The van der Waals surface area contributed by atoms with Crippen LogP contribution in [0, 0.1) is 0 Å². The SMILES string of the molecule is CCC(C)Nc1ccc(C2=CN3C(=O)c4cc(OC)c(OCCCOc5cc6c(cc5OC)C(=O)N5C=C(c7ccc(OC)cc7)CC5C=N6)cc4N=C[C@@H]3C2)cc1.[HH].[HH]. The van der Waals surface area contributed by atoms with Crippen molar-refractivity contribution in [3.05, 3.63) is 107 Å². The molecule has 1 N–H and O–H groups in total. The van der Waals surface area contributed by atoms with Crippen LogP contribution in [-0.2, 0) is 0 Å². The maximum atomic E-state index is 13.9. The molecule has 12 heteroatoms. The summed E-state index contributed by atoms with van der Waals surface area (Å²) in [6.45, 7) is 4.93. The summed E-state index contributed by atoms with van der Waals surface area (Å²) >= 11 is 0. The summed E-state index contributed by atoms with van der Waals surface area (Å²) in [6.07, 6.45) is 10.4. The molecule has 12 nitrogen and oxygen atoms in total. The molecule has 4 aliphatic rings. The first kappa shape index (κ1) is 38.3. The Balaban J connectivity index is 0.00000302. The van der Waals surface area contributed by atoms with Crippen molar-refractivity contribution in [3.8, 4) is 28.7 Å². The highest BCUT2D eigenvalue weighted by Crippen LogP contribution is 2.42. The molecule has 0 aromatic heterocycles. The van der Waals surface area contributed by atoms with Gasteiger partial charge in [-0.25, -0.2) is 0 Å². The molecule has 8 rings (SSSR count). The van der Waals surface area contributed by atoms with Gasteiger partial charge >= 0.3 is 0 Å². The summed E-state index contributed by atoms with van der Waals surface area (Å²) < 4.78 is 28.9. The molecule has 0 spiro atoms. The van der Waals surface area contributed by atoms with Crippen LogP contribution >= 0.6 is 0 Å². The molecule has 4 aromatic carbocycles. The molecule has 4 heterocycles. The van der Waals surface area contributed by atoms with Crippen LogP contribution in [0.4, 0.5) is 17.1 Å². The summed E-state index contributed by atoms with van der Waals surface area (Å²) in [6, 6.07) is 23.1. The maximum Gasteiger partial charge on any atom is 0.260 e. The third-order valence-corrected chi connectivity index (χ3v) is 11.0. The Morgan fingerprint density at radius 1 is 0.690 bits per heavy atom. The number of carbonyl (C=O) groups is 2. The average Bonchev–Trinajstić information content (AvgIpc) is 3.83. The predicted molar refractivity (Wildman–Crippen MR) is 230 cm³/mol. The number of aliphatic imine (C=N–C) groups is 2. The topological polar surface area (TPSA) is 124 Å². The van der Waals surface area contributed by atoms with E-state index in [-0.39, 0.29) is 26.8 Å². The van der Waals surface area contributed by atoms with E-state index in [4.69, 9.17) is 33.7 Å². The number of amides is 2. The van der Waals surface area contributed by atoms with Gasteiger partial charge in [0.15, 0.2) is 23.0 Å². The van der Waals surface area contributed by atoms with Gasteiger partial charge in [0.1, 0.15) is 5.75 Å². The Bertz CT molecular complexity index is 2350. The number of nitrogens with one attached hydrogen (secondary N) is 1. The number of ether oxygens (including phenoxy) is 5. The highest BCUT2D eigenvalue weighted by atomic mass is 16.5. The minimum Gasteiger partial charge on any atom is -0.497 e.